The minimum atomic E-state index is -0.341. The molecule has 148 valence electrons. The smallest absolute Gasteiger partial charge is 0.169 e. The highest BCUT2D eigenvalue weighted by molar-refractivity contribution is 5.11. The second-order valence-electron chi connectivity index (χ2n) is 11.0. The van der Waals surface area contributed by atoms with Gasteiger partial charge in [-0.1, -0.05) is 13.8 Å². The molecule has 0 aromatic rings. The lowest BCUT2D eigenvalue weighted by molar-refractivity contribution is -0.218. The van der Waals surface area contributed by atoms with Crippen molar-refractivity contribution in [2.24, 2.45) is 40.4 Å². The third kappa shape index (κ3) is 2.35. The summed E-state index contributed by atoms with van der Waals surface area (Å²) in [6, 6.07) is 0. The molecule has 5 fully saturated rings. The van der Waals surface area contributed by atoms with Gasteiger partial charge in [-0.15, -0.1) is 0 Å². The molecule has 3 nitrogen and oxygen atoms in total. The van der Waals surface area contributed by atoms with E-state index < -0.39 is 0 Å². The molecule has 4 saturated carbocycles. The Morgan fingerprint density at radius 2 is 1.46 bits per heavy atom. The van der Waals surface area contributed by atoms with Crippen LogP contribution < -0.4 is 0 Å². The average Bonchev–Trinajstić information content (AvgIpc) is 3.19. The van der Waals surface area contributed by atoms with Gasteiger partial charge in [-0.25, -0.2) is 0 Å². The van der Waals surface area contributed by atoms with Crippen LogP contribution in [0.1, 0.15) is 78.6 Å². The second kappa shape index (κ2) is 5.94. The van der Waals surface area contributed by atoms with E-state index in [2.05, 4.69) is 20.8 Å². The van der Waals surface area contributed by atoms with Crippen LogP contribution >= 0.6 is 0 Å². The average molecular weight is 363 g/mol. The van der Waals surface area contributed by atoms with Crippen LogP contribution in [0.4, 0.5) is 0 Å². The Morgan fingerprint density at radius 1 is 0.769 bits per heavy atom. The zero-order valence-electron chi connectivity index (χ0n) is 17.0. The lowest BCUT2D eigenvalue weighted by atomic mass is 9.44. The van der Waals surface area contributed by atoms with Gasteiger partial charge >= 0.3 is 0 Å². The predicted octanol–water partition coefficient (Wildman–Crippen LogP) is 4.77. The largest absolute Gasteiger partial charge is 0.393 e. The molecule has 0 spiro atoms. The SMILES string of the molecule is CC1([C@H]2CC[C@@H]3[C@@H]4CC[C@H]5C[C@@H](O)CC[C@]5(C)[C@H]4CC[C@]32C)OCCO1. The minimum absolute atomic E-state index is 0.0362. The van der Waals surface area contributed by atoms with Crippen LogP contribution in [-0.4, -0.2) is 30.2 Å². The molecule has 0 aromatic carbocycles. The van der Waals surface area contributed by atoms with Crippen molar-refractivity contribution in [2.45, 2.75) is 90.4 Å². The summed E-state index contributed by atoms with van der Waals surface area (Å²) in [7, 11) is 0. The molecule has 1 heterocycles. The van der Waals surface area contributed by atoms with Crippen LogP contribution in [0.3, 0.4) is 0 Å². The van der Waals surface area contributed by atoms with Crippen molar-refractivity contribution in [3.8, 4) is 0 Å². The Labute approximate surface area is 159 Å². The summed E-state index contributed by atoms with van der Waals surface area (Å²) in [6.07, 6.45) is 11.4. The summed E-state index contributed by atoms with van der Waals surface area (Å²) in [5.41, 5.74) is 0.865. The van der Waals surface area contributed by atoms with Crippen LogP contribution in [-0.2, 0) is 9.47 Å². The Bertz CT molecular complexity index is 556. The molecule has 0 amide bonds. The van der Waals surface area contributed by atoms with E-state index in [0.29, 0.717) is 16.7 Å². The normalized spacial score (nSPS) is 55.8. The predicted molar refractivity (Wildman–Crippen MR) is 102 cm³/mol. The maximum atomic E-state index is 10.2. The van der Waals surface area contributed by atoms with Crippen LogP contribution in [0.5, 0.6) is 0 Å². The summed E-state index contributed by atoms with van der Waals surface area (Å²) in [5.74, 6) is 3.59. The fourth-order valence-corrected chi connectivity index (χ4v) is 8.83. The third-order valence-corrected chi connectivity index (χ3v) is 10.1. The quantitative estimate of drug-likeness (QED) is 0.730. The number of hydrogen-bond donors (Lipinski definition) is 1. The summed E-state index contributed by atoms with van der Waals surface area (Å²) in [5, 5.41) is 10.2. The first-order chi connectivity index (χ1) is 12.4. The molecule has 0 radical (unpaired) electrons. The highest BCUT2D eigenvalue weighted by atomic mass is 16.7. The van der Waals surface area contributed by atoms with Crippen molar-refractivity contribution < 1.29 is 14.6 Å². The Kier molecular flexibility index (Phi) is 4.10. The second-order valence-corrected chi connectivity index (χ2v) is 11.0. The third-order valence-electron chi connectivity index (χ3n) is 10.1. The van der Waals surface area contributed by atoms with E-state index in [9.17, 15) is 5.11 Å². The van der Waals surface area contributed by atoms with Crippen molar-refractivity contribution >= 4 is 0 Å². The molecule has 5 rings (SSSR count). The molecule has 1 N–H and O–H groups in total. The van der Waals surface area contributed by atoms with Gasteiger partial charge in [0.2, 0.25) is 0 Å². The van der Waals surface area contributed by atoms with Crippen LogP contribution in [0.15, 0.2) is 0 Å². The number of ether oxygens (including phenoxy) is 2. The molecule has 5 aliphatic rings. The first kappa shape index (κ1) is 17.9. The van der Waals surface area contributed by atoms with E-state index in [-0.39, 0.29) is 11.9 Å². The van der Waals surface area contributed by atoms with Gasteiger partial charge in [0.1, 0.15) is 0 Å². The molecule has 26 heavy (non-hydrogen) atoms. The Morgan fingerprint density at radius 3 is 2.23 bits per heavy atom. The highest BCUT2D eigenvalue weighted by Gasteiger charge is 2.63. The van der Waals surface area contributed by atoms with Crippen LogP contribution in [0.2, 0.25) is 0 Å². The van der Waals surface area contributed by atoms with Crippen LogP contribution in [0.25, 0.3) is 0 Å². The maximum absolute atomic E-state index is 10.2. The summed E-state index contributed by atoms with van der Waals surface area (Å²) < 4.78 is 12.3. The topological polar surface area (TPSA) is 38.7 Å². The van der Waals surface area contributed by atoms with Crippen molar-refractivity contribution in [3.63, 3.8) is 0 Å². The van der Waals surface area contributed by atoms with Crippen molar-refractivity contribution in [3.05, 3.63) is 0 Å². The van der Waals surface area contributed by atoms with Gasteiger partial charge in [0, 0.05) is 5.92 Å². The molecule has 1 aliphatic heterocycles. The number of rotatable bonds is 1. The van der Waals surface area contributed by atoms with E-state index in [4.69, 9.17) is 9.47 Å². The monoisotopic (exact) mass is 362 g/mol. The van der Waals surface area contributed by atoms with E-state index >= 15 is 0 Å². The van der Waals surface area contributed by atoms with Gasteiger partial charge in [-0.2, -0.15) is 0 Å². The van der Waals surface area contributed by atoms with Gasteiger partial charge in [-0.05, 0) is 99.2 Å². The van der Waals surface area contributed by atoms with E-state index in [1.54, 1.807) is 0 Å². The first-order valence-electron chi connectivity index (χ1n) is 11.3. The summed E-state index contributed by atoms with van der Waals surface area (Å²) >= 11 is 0. The molecule has 3 heteroatoms. The Hall–Kier alpha value is -0.120. The maximum Gasteiger partial charge on any atom is 0.169 e. The molecule has 8 atom stereocenters. The molecular weight excluding hydrogens is 324 g/mol. The van der Waals surface area contributed by atoms with Gasteiger partial charge in [0.05, 0.1) is 19.3 Å². The molecular formula is C23H38O3. The van der Waals surface area contributed by atoms with E-state index in [1.807, 2.05) is 0 Å². The van der Waals surface area contributed by atoms with Gasteiger partial charge in [0.25, 0.3) is 0 Å². The Balaban J connectivity index is 1.41. The standard InChI is InChI=1S/C23H38O3/c1-21-10-8-16(24)14-15(21)4-5-17-18-6-7-20(23(3)25-12-13-26-23)22(18,2)11-9-19(17)21/h15-20,24H,4-14H2,1-3H3/t15-,16-,17-,18+,19-,20-,21-,22+/m0/s1. The lowest BCUT2D eigenvalue weighted by Gasteiger charge is -2.61. The number of fused-ring (bicyclic) bond motifs is 5. The summed E-state index contributed by atoms with van der Waals surface area (Å²) in [4.78, 5) is 0. The lowest BCUT2D eigenvalue weighted by Crippen LogP contribution is -2.55. The minimum Gasteiger partial charge on any atom is -0.393 e. The molecule has 4 aliphatic carbocycles. The van der Waals surface area contributed by atoms with Crippen molar-refractivity contribution in [1.29, 1.82) is 0 Å². The number of aliphatic hydroxyl groups is 1. The number of hydrogen-bond acceptors (Lipinski definition) is 3. The van der Waals surface area contributed by atoms with Crippen molar-refractivity contribution in [1.82, 2.24) is 0 Å². The fraction of sp³-hybridized carbons (Fsp3) is 1.00. The summed E-state index contributed by atoms with van der Waals surface area (Å²) in [6.45, 7) is 8.90. The molecule has 0 unspecified atom stereocenters. The van der Waals surface area contributed by atoms with Gasteiger partial charge in [0.15, 0.2) is 5.79 Å². The van der Waals surface area contributed by atoms with E-state index in [1.165, 1.54) is 44.9 Å². The van der Waals surface area contributed by atoms with Crippen molar-refractivity contribution in [2.75, 3.05) is 13.2 Å². The highest BCUT2D eigenvalue weighted by Crippen LogP contribution is 2.69. The zero-order chi connectivity index (χ0) is 18.2. The van der Waals surface area contributed by atoms with E-state index in [0.717, 1.165) is 49.7 Å². The fourth-order valence-electron chi connectivity index (χ4n) is 8.83. The van der Waals surface area contributed by atoms with Gasteiger partial charge in [-0.3, -0.25) is 0 Å². The molecule has 1 saturated heterocycles. The zero-order valence-corrected chi connectivity index (χ0v) is 17.0. The molecule has 0 bridgehead atoms. The van der Waals surface area contributed by atoms with Crippen LogP contribution in [0, 0.1) is 40.4 Å². The van der Waals surface area contributed by atoms with Gasteiger partial charge < -0.3 is 14.6 Å². The molecule has 0 aromatic heterocycles. The number of aliphatic hydroxyl groups excluding tert-OH is 1. The first-order valence-corrected chi connectivity index (χ1v) is 11.3.